The summed E-state index contributed by atoms with van der Waals surface area (Å²) in [6, 6.07) is 65.2. The van der Waals surface area contributed by atoms with Crippen LogP contribution in [0.5, 0.6) is 0 Å². The number of benzene rings is 6. The Bertz CT molecular complexity index is 1520. The number of rotatable bonds is 6. The van der Waals surface area contributed by atoms with Crippen LogP contribution >= 0.6 is 39.2 Å². The molecule has 0 spiro atoms. The monoisotopic (exact) mass is 862 g/mol. The second-order valence-electron chi connectivity index (χ2n) is 16.4. The van der Waals surface area contributed by atoms with E-state index < -0.39 is 19.8 Å². The molecule has 274 valence electrons. The maximum atomic E-state index is 4.85. The molecule has 0 aliphatic heterocycles. The van der Waals surface area contributed by atoms with Crippen molar-refractivity contribution < 1.29 is 15.1 Å². The second-order valence-corrected chi connectivity index (χ2v) is 39.0. The van der Waals surface area contributed by atoms with Crippen molar-refractivity contribution in [2.75, 3.05) is 60.0 Å². The molecule has 0 bridgehead atoms. The zero-order valence-corrected chi connectivity index (χ0v) is 37.7. The van der Waals surface area contributed by atoms with Crippen LogP contribution < -0.4 is 31.8 Å². The SMILES string of the molecule is CP(C)(C)(c1ccccc1)c1ccccc1.CP(C)(C)(c1ccccc1)c1ccccc1.CP(C)(C)(c1ccccc1)c1ccccc1.[Cl][Ru][Cl]. The van der Waals surface area contributed by atoms with Crippen molar-refractivity contribution in [3.8, 4) is 0 Å². The Balaban J connectivity index is 0.000000199. The molecular weight excluding hydrogens is 805 g/mol. The molecule has 0 aromatic heterocycles. The van der Waals surface area contributed by atoms with Crippen molar-refractivity contribution in [2.45, 2.75) is 0 Å². The van der Waals surface area contributed by atoms with E-state index in [1.165, 1.54) is 31.8 Å². The minimum atomic E-state index is -1.93. The van der Waals surface area contributed by atoms with Crippen molar-refractivity contribution in [1.82, 2.24) is 0 Å². The minimum absolute atomic E-state index is 0.346. The quantitative estimate of drug-likeness (QED) is 0.116. The van der Waals surface area contributed by atoms with Gasteiger partial charge in [-0.25, -0.2) is 0 Å². The molecule has 0 nitrogen and oxygen atoms in total. The van der Waals surface area contributed by atoms with Crippen LogP contribution in [0.15, 0.2) is 182 Å². The van der Waals surface area contributed by atoms with E-state index in [1.807, 2.05) is 0 Å². The molecule has 0 aliphatic carbocycles. The maximum absolute atomic E-state index is 4.85. The Labute approximate surface area is 325 Å². The first kappa shape index (κ1) is 43.2. The van der Waals surface area contributed by atoms with Crippen LogP contribution in [0.1, 0.15) is 0 Å². The van der Waals surface area contributed by atoms with Gasteiger partial charge in [0.05, 0.1) is 0 Å². The first-order chi connectivity index (χ1) is 23.9. The van der Waals surface area contributed by atoms with Crippen molar-refractivity contribution in [1.29, 1.82) is 0 Å². The molecule has 6 aromatic carbocycles. The van der Waals surface area contributed by atoms with Gasteiger partial charge < -0.3 is 0 Å². The summed E-state index contributed by atoms with van der Waals surface area (Å²) in [7, 11) is 9.71. The summed E-state index contributed by atoms with van der Waals surface area (Å²) >= 11 is -0.346. The third kappa shape index (κ3) is 11.4. The Morgan fingerprint density at radius 1 is 0.255 bits per heavy atom. The Morgan fingerprint density at radius 3 is 0.451 bits per heavy atom. The van der Waals surface area contributed by atoms with E-state index in [0.29, 0.717) is 0 Å². The second kappa shape index (κ2) is 17.8. The van der Waals surface area contributed by atoms with Gasteiger partial charge in [0.2, 0.25) is 0 Å². The molecule has 0 fully saturated rings. The average molecular weight is 863 g/mol. The van der Waals surface area contributed by atoms with Gasteiger partial charge in [-0.2, -0.15) is 0 Å². The van der Waals surface area contributed by atoms with Crippen LogP contribution in [-0.2, 0) is 15.1 Å². The predicted octanol–water partition coefficient (Wildman–Crippen LogP) is 10.6. The summed E-state index contributed by atoms with van der Waals surface area (Å²) in [5.74, 6) is 0. The fourth-order valence-electron chi connectivity index (χ4n) is 6.15. The molecule has 6 rings (SSSR count). The van der Waals surface area contributed by atoms with Crippen LogP contribution in [0.25, 0.3) is 0 Å². The number of halogens is 2. The standard InChI is InChI=1S/3C15H19P.2ClH.Ru/c3*1-16(2,3,14-10-6-4-7-11-14)15-12-8-5-9-13-15;;;/h3*4-13H,1-3H3;2*1H;/q;;;;;+2/p-2. The normalized spacial score (nSPS) is 13.7. The molecule has 6 aromatic rings. The molecule has 0 unspecified atom stereocenters. The fourth-order valence-corrected chi connectivity index (χ4v) is 14.3. The van der Waals surface area contributed by atoms with Crippen LogP contribution in [0, 0.1) is 0 Å². The zero-order chi connectivity index (χ0) is 37.7. The summed E-state index contributed by atoms with van der Waals surface area (Å²) in [6.45, 7) is 15.9. The average Bonchev–Trinajstić information content (AvgIpc) is 3.14. The van der Waals surface area contributed by atoms with Crippen molar-refractivity contribution in [3.05, 3.63) is 182 Å². The van der Waals surface area contributed by atoms with E-state index in [2.05, 4.69) is 242 Å². The van der Waals surface area contributed by atoms with Crippen LogP contribution in [-0.4, -0.2) is 60.0 Å². The molecule has 0 atom stereocenters. The van der Waals surface area contributed by atoms with E-state index in [-0.39, 0.29) is 15.1 Å². The van der Waals surface area contributed by atoms with Gasteiger partial charge in [0.15, 0.2) is 0 Å². The first-order valence-corrected chi connectivity index (χ1v) is 32.3. The Kier molecular flexibility index (Phi) is 15.0. The zero-order valence-electron chi connectivity index (χ0n) is 31.8. The molecule has 0 saturated carbocycles. The number of hydrogen-bond acceptors (Lipinski definition) is 0. The van der Waals surface area contributed by atoms with Crippen molar-refractivity contribution >= 4 is 71.0 Å². The molecule has 51 heavy (non-hydrogen) atoms. The van der Waals surface area contributed by atoms with Gasteiger partial charge in [0, 0.05) is 0 Å². The third-order valence-electron chi connectivity index (χ3n) is 9.96. The van der Waals surface area contributed by atoms with Gasteiger partial charge in [-0.1, -0.05) is 0 Å². The van der Waals surface area contributed by atoms with Crippen LogP contribution in [0.4, 0.5) is 0 Å². The van der Waals surface area contributed by atoms with Gasteiger partial charge in [-0.15, -0.1) is 0 Å². The van der Waals surface area contributed by atoms with E-state index in [4.69, 9.17) is 19.4 Å². The van der Waals surface area contributed by atoms with E-state index in [9.17, 15) is 0 Å². The van der Waals surface area contributed by atoms with Gasteiger partial charge >= 0.3 is 328 Å². The van der Waals surface area contributed by atoms with E-state index >= 15 is 0 Å². The van der Waals surface area contributed by atoms with E-state index in [1.54, 1.807) is 0 Å². The first-order valence-electron chi connectivity index (χ1n) is 17.1. The molecule has 0 heterocycles. The summed E-state index contributed by atoms with van der Waals surface area (Å²) < 4.78 is 0. The van der Waals surface area contributed by atoms with Gasteiger partial charge in [0.1, 0.15) is 0 Å². The molecule has 0 aliphatic rings. The molecule has 0 radical (unpaired) electrons. The molecular formula is C45H57Cl2P3Ru. The van der Waals surface area contributed by atoms with Crippen LogP contribution in [0.3, 0.4) is 0 Å². The van der Waals surface area contributed by atoms with Gasteiger partial charge in [-0.3, -0.25) is 0 Å². The molecule has 0 amide bonds. The Morgan fingerprint density at radius 2 is 0.353 bits per heavy atom. The Hall–Kier alpha value is -2.19. The van der Waals surface area contributed by atoms with Gasteiger partial charge in [0.25, 0.3) is 0 Å². The molecule has 0 N–H and O–H groups in total. The summed E-state index contributed by atoms with van der Waals surface area (Å²) in [5, 5.41) is 8.83. The van der Waals surface area contributed by atoms with Gasteiger partial charge in [-0.05, 0) is 0 Å². The van der Waals surface area contributed by atoms with Crippen LogP contribution in [0.2, 0.25) is 0 Å². The van der Waals surface area contributed by atoms with Crippen molar-refractivity contribution in [3.63, 3.8) is 0 Å². The predicted molar refractivity (Wildman–Crippen MR) is 242 cm³/mol. The topological polar surface area (TPSA) is 0 Å². The number of hydrogen-bond donors (Lipinski definition) is 0. The summed E-state index contributed by atoms with van der Waals surface area (Å²) in [4.78, 5) is 0. The summed E-state index contributed by atoms with van der Waals surface area (Å²) in [6.07, 6.45) is 0. The van der Waals surface area contributed by atoms with E-state index in [0.717, 1.165) is 0 Å². The van der Waals surface area contributed by atoms with Crippen molar-refractivity contribution in [2.24, 2.45) is 0 Å². The molecule has 0 saturated heterocycles. The fraction of sp³-hybridized carbons (Fsp3) is 0.200. The molecule has 6 heteroatoms. The third-order valence-corrected chi connectivity index (χ3v) is 22.6. The summed E-state index contributed by atoms with van der Waals surface area (Å²) in [5.41, 5.74) is 0.